The SMILES string of the molecule is O=C1Nc2ccc(Br)cc2C(c2cccc(Br)c2)=NC1F. The summed E-state index contributed by atoms with van der Waals surface area (Å²) in [5.74, 6) is -0.761. The number of amides is 1. The summed E-state index contributed by atoms with van der Waals surface area (Å²) in [6.45, 7) is 0. The third-order valence-electron chi connectivity index (χ3n) is 3.05. The molecule has 1 heterocycles. The molecule has 0 spiro atoms. The van der Waals surface area contributed by atoms with Gasteiger partial charge in [0.25, 0.3) is 12.2 Å². The molecule has 2 aromatic rings. The van der Waals surface area contributed by atoms with Crippen LogP contribution in [0.3, 0.4) is 0 Å². The van der Waals surface area contributed by atoms with Crippen molar-refractivity contribution in [2.75, 3.05) is 5.32 Å². The van der Waals surface area contributed by atoms with E-state index in [2.05, 4.69) is 42.2 Å². The van der Waals surface area contributed by atoms with E-state index in [1.54, 1.807) is 12.1 Å². The first-order valence-electron chi connectivity index (χ1n) is 6.13. The maximum Gasteiger partial charge on any atom is 0.281 e. The van der Waals surface area contributed by atoms with E-state index < -0.39 is 12.2 Å². The van der Waals surface area contributed by atoms with Crippen LogP contribution in [0.15, 0.2) is 56.4 Å². The molecule has 3 rings (SSSR count). The summed E-state index contributed by atoms with van der Waals surface area (Å²) in [6.07, 6.45) is -1.93. The van der Waals surface area contributed by atoms with Crippen molar-refractivity contribution in [3.05, 3.63) is 62.5 Å². The van der Waals surface area contributed by atoms with Crippen molar-refractivity contribution in [2.45, 2.75) is 6.30 Å². The topological polar surface area (TPSA) is 41.5 Å². The second-order valence-corrected chi connectivity index (χ2v) is 6.33. The zero-order valence-corrected chi connectivity index (χ0v) is 13.8. The number of carbonyl (C=O) groups excluding carboxylic acids is 1. The molecule has 0 fully saturated rings. The van der Waals surface area contributed by atoms with Gasteiger partial charge in [-0.05, 0) is 30.3 Å². The number of fused-ring (bicyclic) bond motifs is 1. The van der Waals surface area contributed by atoms with Crippen LogP contribution in [0.4, 0.5) is 10.1 Å². The van der Waals surface area contributed by atoms with E-state index >= 15 is 0 Å². The predicted molar refractivity (Wildman–Crippen MR) is 87.4 cm³/mol. The van der Waals surface area contributed by atoms with Crippen LogP contribution in [0.2, 0.25) is 0 Å². The van der Waals surface area contributed by atoms with Crippen molar-refractivity contribution < 1.29 is 9.18 Å². The van der Waals surface area contributed by atoms with Crippen LogP contribution in [0.25, 0.3) is 0 Å². The van der Waals surface area contributed by atoms with E-state index in [-0.39, 0.29) is 0 Å². The van der Waals surface area contributed by atoms with Crippen LogP contribution in [0.5, 0.6) is 0 Å². The number of alkyl halides is 1. The Kier molecular flexibility index (Phi) is 3.91. The summed E-state index contributed by atoms with van der Waals surface area (Å²) in [4.78, 5) is 15.6. The average Bonchev–Trinajstić information content (AvgIpc) is 2.57. The third-order valence-corrected chi connectivity index (χ3v) is 4.04. The zero-order valence-electron chi connectivity index (χ0n) is 10.6. The molecular formula is C15H9Br2FN2O. The van der Waals surface area contributed by atoms with Crippen molar-refractivity contribution in [3.8, 4) is 0 Å². The second-order valence-electron chi connectivity index (χ2n) is 4.50. The predicted octanol–water partition coefficient (Wildman–Crippen LogP) is 4.30. The van der Waals surface area contributed by atoms with Gasteiger partial charge in [-0.15, -0.1) is 0 Å². The fraction of sp³-hybridized carbons (Fsp3) is 0.0667. The first-order valence-corrected chi connectivity index (χ1v) is 7.72. The number of aliphatic imine (C=N–C) groups is 1. The molecule has 1 N–H and O–H groups in total. The Bertz CT molecular complexity index is 761. The first-order chi connectivity index (χ1) is 10.0. The molecule has 0 saturated heterocycles. The molecule has 2 aromatic carbocycles. The number of halogens is 3. The van der Waals surface area contributed by atoms with Crippen molar-refractivity contribution in [2.24, 2.45) is 4.99 Å². The normalized spacial score (nSPS) is 17.6. The number of benzene rings is 2. The lowest BCUT2D eigenvalue weighted by molar-refractivity contribution is -0.120. The Balaban J connectivity index is 2.24. The molecule has 1 aliphatic rings. The molecule has 1 atom stereocenters. The van der Waals surface area contributed by atoms with E-state index in [1.807, 2.05) is 30.3 Å². The lowest BCUT2D eigenvalue weighted by Crippen LogP contribution is -2.21. The molecule has 0 saturated carbocycles. The van der Waals surface area contributed by atoms with Crippen molar-refractivity contribution in [3.63, 3.8) is 0 Å². The Morgan fingerprint density at radius 1 is 1.10 bits per heavy atom. The Labute approximate surface area is 137 Å². The molecule has 0 aliphatic carbocycles. The molecule has 1 unspecified atom stereocenters. The fourth-order valence-electron chi connectivity index (χ4n) is 2.12. The van der Waals surface area contributed by atoms with Gasteiger partial charge in [0.2, 0.25) is 0 Å². The zero-order chi connectivity index (χ0) is 15.0. The monoisotopic (exact) mass is 410 g/mol. The van der Waals surface area contributed by atoms with Crippen LogP contribution in [0.1, 0.15) is 11.1 Å². The second kappa shape index (κ2) is 5.69. The van der Waals surface area contributed by atoms with Gasteiger partial charge in [0, 0.05) is 20.1 Å². The van der Waals surface area contributed by atoms with E-state index in [0.717, 1.165) is 14.5 Å². The van der Waals surface area contributed by atoms with Crippen LogP contribution in [-0.2, 0) is 4.79 Å². The molecule has 0 bridgehead atoms. The van der Waals surface area contributed by atoms with Gasteiger partial charge in [0.05, 0.1) is 11.4 Å². The molecule has 6 heteroatoms. The van der Waals surface area contributed by atoms with E-state index in [9.17, 15) is 9.18 Å². The van der Waals surface area contributed by atoms with Gasteiger partial charge >= 0.3 is 0 Å². The molecular weight excluding hydrogens is 403 g/mol. The van der Waals surface area contributed by atoms with Crippen molar-refractivity contribution in [1.29, 1.82) is 0 Å². The number of carbonyl (C=O) groups is 1. The highest BCUT2D eigenvalue weighted by molar-refractivity contribution is 9.10. The van der Waals surface area contributed by atoms with E-state index in [1.165, 1.54) is 0 Å². The van der Waals surface area contributed by atoms with Crippen LogP contribution < -0.4 is 5.32 Å². The van der Waals surface area contributed by atoms with Gasteiger partial charge in [-0.1, -0.05) is 44.0 Å². The van der Waals surface area contributed by atoms with Gasteiger partial charge in [-0.2, -0.15) is 0 Å². The highest BCUT2D eigenvalue weighted by atomic mass is 79.9. The number of rotatable bonds is 1. The van der Waals surface area contributed by atoms with Gasteiger partial charge in [-0.25, -0.2) is 9.38 Å². The van der Waals surface area contributed by atoms with E-state index in [4.69, 9.17) is 0 Å². The molecule has 0 aromatic heterocycles. The summed E-state index contributed by atoms with van der Waals surface area (Å²) in [7, 11) is 0. The number of hydrogen-bond donors (Lipinski definition) is 1. The van der Waals surface area contributed by atoms with Crippen LogP contribution in [-0.4, -0.2) is 17.9 Å². The highest BCUT2D eigenvalue weighted by Gasteiger charge is 2.25. The lowest BCUT2D eigenvalue weighted by atomic mass is 10.0. The number of nitrogens with zero attached hydrogens (tertiary/aromatic N) is 1. The van der Waals surface area contributed by atoms with Gasteiger partial charge in [0.1, 0.15) is 0 Å². The van der Waals surface area contributed by atoms with Crippen LogP contribution in [0, 0.1) is 0 Å². The standard InChI is InChI=1S/C15H9Br2FN2O/c16-9-3-1-2-8(6-9)13-11-7-10(17)4-5-12(11)19-15(21)14(18)20-13/h1-7,14H,(H,19,21). The minimum absolute atomic E-state index is 0.443. The molecule has 3 nitrogen and oxygen atoms in total. The minimum Gasteiger partial charge on any atom is -0.321 e. The molecule has 1 amide bonds. The molecule has 1 aliphatic heterocycles. The Morgan fingerprint density at radius 3 is 2.62 bits per heavy atom. The maximum atomic E-state index is 13.9. The third kappa shape index (κ3) is 2.91. The minimum atomic E-state index is -1.93. The fourth-order valence-corrected chi connectivity index (χ4v) is 2.88. The molecule has 0 radical (unpaired) electrons. The smallest absolute Gasteiger partial charge is 0.281 e. The highest BCUT2D eigenvalue weighted by Crippen LogP contribution is 2.28. The first kappa shape index (κ1) is 14.4. The Morgan fingerprint density at radius 2 is 1.86 bits per heavy atom. The molecule has 106 valence electrons. The number of nitrogens with one attached hydrogen (secondary N) is 1. The number of anilines is 1. The summed E-state index contributed by atoms with van der Waals surface area (Å²) >= 11 is 6.78. The van der Waals surface area contributed by atoms with Crippen molar-refractivity contribution >= 4 is 49.2 Å². The van der Waals surface area contributed by atoms with Gasteiger partial charge in [-0.3, -0.25) is 4.79 Å². The quantitative estimate of drug-likeness (QED) is 0.698. The summed E-state index contributed by atoms with van der Waals surface area (Å²) in [5.41, 5.74) is 2.40. The number of hydrogen-bond acceptors (Lipinski definition) is 2. The van der Waals surface area contributed by atoms with Gasteiger partial charge < -0.3 is 5.32 Å². The van der Waals surface area contributed by atoms with Crippen LogP contribution >= 0.6 is 31.9 Å². The van der Waals surface area contributed by atoms with Crippen molar-refractivity contribution in [1.82, 2.24) is 0 Å². The summed E-state index contributed by atoms with van der Waals surface area (Å²) < 4.78 is 15.6. The maximum absolute atomic E-state index is 13.9. The Hall–Kier alpha value is -1.53. The number of benzodiazepines with no additional fused rings is 1. The van der Waals surface area contributed by atoms with Gasteiger partial charge in [0.15, 0.2) is 0 Å². The molecule has 21 heavy (non-hydrogen) atoms. The summed E-state index contributed by atoms with van der Waals surface area (Å²) in [5, 5.41) is 2.55. The summed E-state index contributed by atoms with van der Waals surface area (Å²) in [6, 6.07) is 12.7. The lowest BCUT2D eigenvalue weighted by Gasteiger charge is -2.10. The average molecular weight is 412 g/mol. The van der Waals surface area contributed by atoms with E-state index in [0.29, 0.717) is 17.0 Å². The largest absolute Gasteiger partial charge is 0.321 e.